The molecule has 1 aliphatic heterocycles. The molecule has 2 N–H and O–H groups in total. The smallest absolute Gasteiger partial charge is 0.129 e. The van der Waals surface area contributed by atoms with Crippen LogP contribution in [0.4, 0.5) is 5.82 Å². The Kier molecular flexibility index (Phi) is 2.82. The van der Waals surface area contributed by atoms with Crippen LogP contribution in [-0.2, 0) is 19.5 Å². The topological polar surface area (TPSA) is 42.1 Å². The number of hydrogen-bond acceptors (Lipinski definition) is 4. The highest BCUT2D eigenvalue weighted by atomic mass is 32.1. The van der Waals surface area contributed by atoms with Gasteiger partial charge < -0.3 is 10.6 Å². The van der Waals surface area contributed by atoms with Gasteiger partial charge in [0.25, 0.3) is 0 Å². The minimum absolute atomic E-state index is 0.505. The van der Waals surface area contributed by atoms with Gasteiger partial charge in [-0.2, -0.15) is 0 Å². The summed E-state index contributed by atoms with van der Waals surface area (Å²) in [6.07, 6.45) is 1.13. The van der Waals surface area contributed by atoms with E-state index in [1.807, 2.05) is 23.5 Å². The molecule has 2 aromatic heterocycles. The predicted molar refractivity (Wildman–Crippen MR) is 71.2 cm³/mol. The molecule has 3 heterocycles. The van der Waals surface area contributed by atoms with E-state index in [0.29, 0.717) is 6.54 Å². The lowest BCUT2D eigenvalue weighted by molar-refractivity contribution is 0.728. The van der Waals surface area contributed by atoms with Crippen LogP contribution in [-0.4, -0.2) is 11.5 Å². The Morgan fingerprint density at radius 1 is 1.35 bits per heavy atom. The van der Waals surface area contributed by atoms with Gasteiger partial charge in [0.05, 0.1) is 5.69 Å². The molecular weight excluding hydrogens is 230 g/mol. The van der Waals surface area contributed by atoms with Gasteiger partial charge in [-0.15, -0.1) is 11.3 Å². The highest BCUT2D eigenvalue weighted by Gasteiger charge is 2.18. The van der Waals surface area contributed by atoms with E-state index in [9.17, 15) is 0 Å². The first kappa shape index (κ1) is 10.7. The fraction of sp³-hybridized carbons (Fsp3) is 0.308. The van der Waals surface area contributed by atoms with E-state index < -0.39 is 0 Å². The number of nitrogens with two attached hydrogens (primary N) is 1. The minimum atomic E-state index is 0.505. The summed E-state index contributed by atoms with van der Waals surface area (Å²) >= 11 is 1.86. The van der Waals surface area contributed by atoms with Crippen LogP contribution in [0.2, 0.25) is 0 Å². The molecule has 2 aromatic rings. The maximum atomic E-state index is 5.63. The third-order valence-corrected chi connectivity index (χ3v) is 4.16. The fourth-order valence-electron chi connectivity index (χ4n) is 2.20. The predicted octanol–water partition coefficient (Wildman–Crippen LogP) is 2.16. The largest absolute Gasteiger partial charge is 0.352 e. The molecule has 17 heavy (non-hydrogen) atoms. The fourth-order valence-corrected chi connectivity index (χ4v) is 3.09. The Morgan fingerprint density at radius 2 is 2.29 bits per heavy atom. The number of pyridine rings is 1. The van der Waals surface area contributed by atoms with E-state index in [2.05, 4.69) is 27.4 Å². The van der Waals surface area contributed by atoms with Gasteiger partial charge in [-0.05, 0) is 35.6 Å². The number of hydrogen-bond donors (Lipinski definition) is 1. The molecule has 0 fully saturated rings. The summed E-state index contributed by atoms with van der Waals surface area (Å²) in [5.41, 5.74) is 8.03. The Morgan fingerprint density at radius 3 is 3.18 bits per heavy atom. The average molecular weight is 245 g/mol. The monoisotopic (exact) mass is 245 g/mol. The molecule has 88 valence electrons. The van der Waals surface area contributed by atoms with Gasteiger partial charge in [-0.3, -0.25) is 0 Å². The molecule has 0 spiro atoms. The lowest BCUT2D eigenvalue weighted by Gasteiger charge is -2.28. The van der Waals surface area contributed by atoms with Gasteiger partial charge >= 0.3 is 0 Å². The summed E-state index contributed by atoms with van der Waals surface area (Å²) in [5, 5.41) is 2.18. The molecule has 4 heteroatoms. The summed E-state index contributed by atoms with van der Waals surface area (Å²) in [4.78, 5) is 8.43. The second-order valence-electron chi connectivity index (χ2n) is 4.23. The van der Waals surface area contributed by atoms with Crippen LogP contribution in [0.5, 0.6) is 0 Å². The van der Waals surface area contributed by atoms with E-state index in [1.54, 1.807) is 0 Å². The van der Waals surface area contributed by atoms with E-state index in [-0.39, 0.29) is 0 Å². The van der Waals surface area contributed by atoms with Gasteiger partial charge in [-0.25, -0.2) is 4.98 Å². The van der Waals surface area contributed by atoms with Crippen LogP contribution in [0.3, 0.4) is 0 Å². The number of anilines is 1. The molecule has 1 aliphatic rings. The van der Waals surface area contributed by atoms with Crippen molar-refractivity contribution in [2.45, 2.75) is 19.5 Å². The highest BCUT2D eigenvalue weighted by molar-refractivity contribution is 7.10. The average Bonchev–Trinajstić information content (AvgIpc) is 2.86. The normalized spacial score (nSPS) is 14.8. The first-order valence-corrected chi connectivity index (χ1v) is 6.71. The van der Waals surface area contributed by atoms with Crippen molar-refractivity contribution in [1.29, 1.82) is 0 Å². The standard InChI is InChI=1S/C13H15N3S/c14-8-11-2-1-3-13(15-11)16-6-4-12-10(9-16)5-7-17-12/h1-3,5,7H,4,6,8-9,14H2. The molecule has 0 aliphatic carbocycles. The van der Waals surface area contributed by atoms with Crippen LogP contribution in [0, 0.1) is 0 Å². The molecule has 0 saturated carbocycles. The summed E-state index contributed by atoms with van der Waals surface area (Å²) in [6.45, 7) is 2.53. The number of fused-ring (bicyclic) bond motifs is 1. The molecule has 0 aromatic carbocycles. The minimum Gasteiger partial charge on any atom is -0.352 e. The molecule has 3 rings (SSSR count). The van der Waals surface area contributed by atoms with Crippen molar-refractivity contribution in [1.82, 2.24) is 4.98 Å². The molecular formula is C13H15N3S. The molecule has 0 saturated heterocycles. The third kappa shape index (κ3) is 2.06. The summed E-state index contributed by atoms with van der Waals surface area (Å²) in [6, 6.07) is 8.30. The Bertz CT molecular complexity index is 521. The van der Waals surface area contributed by atoms with Crippen molar-refractivity contribution in [2.24, 2.45) is 5.73 Å². The Balaban J connectivity index is 1.86. The van der Waals surface area contributed by atoms with Crippen LogP contribution >= 0.6 is 11.3 Å². The first-order chi connectivity index (χ1) is 8.36. The Labute approximate surface area is 105 Å². The number of aromatic nitrogens is 1. The lowest BCUT2D eigenvalue weighted by Crippen LogP contribution is -2.30. The zero-order valence-corrected chi connectivity index (χ0v) is 10.4. The van der Waals surface area contributed by atoms with Crippen LogP contribution < -0.4 is 10.6 Å². The van der Waals surface area contributed by atoms with Gasteiger partial charge in [0.1, 0.15) is 5.82 Å². The van der Waals surface area contributed by atoms with E-state index in [1.165, 1.54) is 10.4 Å². The maximum absolute atomic E-state index is 5.63. The SMILES string of the molecule is NCc1cccc(N2CCc3sccc3C2)n1. The van der Waals surface area contributed by atoms with Crippen molar-refractivity contribution in [3.63, 3.8) is 0 Å². The van der Waals surface area contributed by atoms with Crippen LogP contribution in [0.15, 0.2) is 29.6 Å². The van der Waals surface area contributed by atoms with E-state index in [0.717, 1.165) is 31.0 Å². The number of nitrogens with zero attached hydrogens (tertiary/aromatic N) is 2. The van der Waals surface area contributed by atoms with Crippen molar-refractivity contribution >= 4 is 17.2 Å². The number of thiophene rings is 1. The van der Waals surface area contributed by atoms with Crippen LogP contribution in [0.1, 0.15) is 16.1 Å². The quantitative estimate of drug-likeness (QED) is 0.881. The van der Waals surface area contributed by atoms with Gasteiger partial charge in [0.15, 0.2) is 0 Å². The summed E-state index contributed by atoms with van der Waals surface area (Å²) in [7, 11) is 0. The van der Waals surface area contributed by atoms with Gasteiger partial charge in [0, 0.05) is 24.5 Å². The molecule has 0 atom stereocenters. The molecule has 0 radical (unpaired) electrons. The summed E-state index contributed by atoms with van der Waals surface area (Å²) in [5.74, 6) is 1.05. The zero-order valence-electron chi connectivity index (χ0n) is 9.60. The summed E-state index contributed by atoms with van der Waals surface area (Å²) < 4.78 is 0. The first-order valence-electron chi connectivity index (χ1n) is 5.83. The Hall–Kier alpha value is -1.39. The lowest BCUT2D eigenvalue weighted by atomic mass is 10.1. The van der Waals surface area contributed by atoms with Crippen LogP contribution in [0.25, 0.3) is 0 Å². The highest BCUT2D eigenvalue weighted by Crippen LogP contribution is 2.26. The molecule has 3 nitrogen and oxygen atoms in total. The maximum Gasteiger partial charge on any atom is 0.129 e. The van der Waals surface area contributed by atoms with E-state index in [4.69, 9.17) is 5.73 Å². The van der Waals surface area contributed by atoms with Gasteiger partial charge in [0.2, 0.25) is 0 Å². The molecule has 0 bridgehead atoms. The third-order valence-electron chi connectivity index (χ3n) is 3.13. The second kappa shape index (κ2) is 4.47. The van der Waals surface area contributed by atoms with Crippen molar-refractivity contribution in [3.05, 3.63) is 45.8 Å². The second-order valence-corrected chi connectivity index (χ2v) is 5.23. The van der Waals surface area contributed by atoms with E-state index >= 15 is 0 Å². The van der Waals surface area contributed by atoms with Crippen molar-refractivity contribution in [2.75, 3.05) is 11.4 Å². The molecule has 0 unspecified atom stereocenters. The van der Waals surface area contributed by atoms with Crippen molar-refractivity contribution < 1.29 is 0 Å². The zero-order chi connectivity index (χ0) is 11.7. The van der Waals surface area contributed by atoms with Crippen molar-refractivity contribution in [3.8, 4) is 0 Å². The number of rotatable bonds is 2. The molecule has 0 amide bonds. The van der Waals surface area contributed by atoms with Gasteiger partial charge in [-0.1, -0.05) is 6.07 Å².